The number of nitrogens with zero attached hydrogens (tertiary/aromatic N) is 3. The average Bonchev–Trinajstić information content (AvgIpc) is 3.14. The summed E-state index contributed by atoms with van der Waals surface area (Å²) in [5.74, 6) is -0.465. The number of carbonyl (C=O) groups excluding carboxylic acids is 2. The first-order valence-electron chi connectivity index (χ1n) is 11.9. The van der Waals surface area contributed by atoms with Crippen LogP contribution in [-0.4, -0.2) is 84.2 Å². The van der Waals surface area contributed by atoms with Gasteiger partial charge in [0.15, 0.2) is 11.5 Å². The summed E-state index contributed by atoms with van der Waals surface area (Å²) in [7, 11) is 0. The fourth-order valence-electron chi connectivity index (χ4n) is 4.43. The van der Waals surface area contributed by atoms with Crippen molar-refractivity contribution in [2.45, 2.75) is 19.9 Å². The molecule has 0 spiro atoms. The summed E-state index contributed by atoms with van der Waals surface area (Å²) in [6, 6.07) is 7.82. The molecular weight excluding hydrogens is 450 g/mol. The Labute approximate surface area is 204 Å². The van der Waals surface area contributed by atoms with E-state index in [1.165, 1.54) is 17.3 Å². The Morgan fingerprint density at radius 1 is 1.03 bits per heavy atom. The molecule has 3 heterocycles. The van der Waals surface area contributed by atoms with Gasteiger partial charge in [-0.1, -0.05) is 6.07 Å². The van der Waals surface area contributed by atoms with Gasteiger partial charge in [0, 0.05) is 44.1 Å². The van der Waals surface area contributed by atoms with Gasteiger partial charge in [-0.25, -0.2) is 0 Å². The summed E-state index contributed by atoms with van der Waals surface area (Å²) in [4.78, 5) is 34.2. The minimum Gasteiger partial charge on any atom is -0.507 e. The number of benzene rings is 1. The monoisotopic (exact) mass is 481 g/mol. The number of aliphatic hydroxyl groups is 1. The molecule has 2 saturated heterocycles. The number of carbonyl (C=O) groups is 2. The van der Waals surface area contributed by atoms with E-state index in [4.69, 9.17) is 14.2 Å². The number of rotatable bonds is 9. The summed E-state index contributed by atoms with van der Waals surface area (Å²) < 4.78 is 16.9. The summed E-state index contributed by atoms with van der Waals surface area (Å²) in [5.41, 5.74) is 1.13. The Morgan fingerprint density at radius 3 is 2.40 bits per heavy atom. The van der Waals surface area contributed by atoms with E-state index in [0.29, 0.717) is 62.1 Å². The van der Waals surface area contributed by atoms with Crippen molar-refractivity contribution < 1.29 is 28.9 Å². The summed E-state index contributed by atoms with van der Waals surface area (Å²) in [6.07, 6.45) is 3.06. The molecule has 9 heteroatoms. The van der Waals surface area contributed by atoms with E-state index in [0.717, 1.165) is 13.1 Å². The van der Waals surface area contributed by atoms with Crippen LogP contribution in [0.25, 0.3) is 5.76 Å². The molecule has 2 aliphatic heterocycles. The molecular formula is C26H31N3O6. The Kier molecular flexibility index (Phi) is 7.99. The minimum atomic E-state index is -0.765. The van der Waals surface area contributed by atoms with Crippen LogP contribution in [0.5, 0.6) is 11.5 Å². The molecule has 0 bridgehead atoms. The van der Waals surface area contributed by atoms with Crippen molar-refractivity contribution in [1.82, 2.24) is 14.8 Å². The third-order valence-corrected chi connectivity index (χ3v) is 6.14. The lowest BCUT2D eigenvalue weighted by atomic mass is 9.95. The second kappa shape index (κ2) is 11.3. The largest absolute Gasteiger partial charge is 0.507 e. The van der Waals surface area contributed by atoms with Crippen molar-refractivity contribution in [3.63, 3.8) is 0 Å². The van der Waals surface area contributed by atoms with Crippen LogP contribution in [0.2, 0.25) is 0 Å². The van der Waals surface area contributed by atoms with E-state index in [-0.39, 0.29) is 11.3 Å². The second-order valence-electron chi connectivity index (χ2n) is 8.25. The van der Waals surface area contributed by atoms with Crippen LogP contribution >= 0.6 is 0 Å². The number of ketones is 1. The van der Waals surface area contributed by atoms with Crippen LogP contribution in [0.4, 0.5) is 0 Å². The highest BCUT2D eigenvalue weighted by Crippen LogP contribution is 2.42. The summed E-state index contributed by atoms with van der Waals surface area (Å²) in [6.45, 7) is 8.40. The Bertz CT molecular complexity index is 1080. The fraction of sp³-hybridized carbons (Fsp3) is 0.423. The first-order valence-corrected chi connectivity index (χ1v) is 11.9. The van der Waals surface area contributed by atoms with E-state index in [1.807, 2.05) is 19.9 Å². The number of Topliss-reactive ketones (excluding diaryl/α,β-unsaturated/α-hetero) is 1. The molecule has 1 aromatic heterocycles. The normalized spacial score (nSPS) is 20.3. The molecule has 1 aromatic carbocycles. The average molecular weight is 482 g/mol. The van der Waals surface area contributed by atoms with Gasteiger partial charge in [-0.15, -0.1) is 0 Å². The first-order chi connectivity index (χ1) is 17.0. The van der Waals surface area contributed by atoms with Gasteiger partial charge in [-0.2, -0.15) is 0 Å². The van der Waals surface area contributed by atoms with Crippen LogP contribution < -0.4 is 9.47 Å². The molecule has 1 unspecified atom stereocenters. The van der Waals surface area contributed by atoms with Gasteiger partial charge in [0.25, 0.3) is 11.7 Å². The second-order valence-corrected chi connectivity index (χ2v) is 8.25. The van der Waals surface area contributed by atoms with Gasteiger partial charge in [0.05, 0.1) is 38.0 Å². The smallest absolute Gasteiger partial charge is 0.295 e. The van der Waals surface area contributed by atoms with Crippen LogP contribution in [0.3, 0.4) is 0 Å². The molecule has 1 atom stereocenters. The quantitative estimate of drug-likeness (QED) is 0.331. The Hall–Kier alpha value is -3.43. The number of ether oxygens (including phenoxy) is 3. The number of aliphatic hydroxyl groups excluding tert-OH is 1. The first kappa shape index (κ1) is 24.7. The topological polar surface area (TPSA) is 101 Å². The highest BCUT2D eigenvalue weighted by molar-refractivity contribution is 6.46. The number of pyridine rings is 1. The van der Waals surface area contributed by atoms with Gasteiger partial charge in [-0.3, -0.25) is 19.5 Å². The maximum Gasteiger partial charge on any atom is 0.295 e. The van der Waals surface area contributed by atoms with Gasteiger partial charge in [0.2, 0.25) is 0 Å². The third-order valence-electron chi connectivity index (χ3n) is 6.14. The third kappa shape index (κ3) is 5.31. The highest BCUT2D eigenvalue weighted by atomic mass is 16.5. The van der Waals surface area contributed by atoms with Crippen molar-refractivity contribution in [2.24, 2.45) is 0 Å². The molecule has 0 saturated carbocycles. The van der Waals surface area contributed by atoms with Crippen LogP contribution in [0, 0.1) is 0 Å². The highest BCUT2D eigenvalue weighted by Gasteiger charge is 2.46. The van der Waals surface area contributed by atoms with E-state index in [9.17, 15) is 14.7 Å². The van der Waals surface area contributed by atoms with Gasteiger partial charge < -0.3 is 24.2 Å². The number of morpholine rings is 1. The lowest BCUT2D eigenvalue weighted by Crippen LogP contribution is -2.42. The maximum absolute atomic E-state index is 13.2. The molecule has 2 aliphatic rings. The molecule has 4 rings (SSSR count). The van der Waals surface area contributed by atoms with E-state index in [2.05, 4.69) is 9.88 Å². The number of likely N-dealkylation sites (tertiary alicyclic amines) is 1. The molecule has 0 radical (unpaired) electrons. The molecule has 9 nitrogen and oxygen atoms in total. The fourth-order valence-corrected chi connectivity index (χ4v) is 4.43. The molecule has 186 valence electrons. The van der Waals surface area contributed by atoms with E-state index < -0.39 is 17.7 Å². The van der Waals surface area contributed by atoms with Crippen molar-refractivity contribution in [3.05, 3.63) is 59.4 Å². The van der Waals surface area contributed by atoms with Gasteiger partial charge >= 0.3 is 0 Å². The van der Waals surface area contributed by atoms with Crippen molar-refractivity contribution >= 4 is 17.4 Å². The lowest BCUT2D eigenvalue weighted by Gasteiger charge is -2.31. The van der Waals surface area contributed by atoms with Crippen molar-refractivity contribution in [3.8, 4) is 11.5 Å². The van der Waals surface area contributed by atoms with Crippen molar-refractivity contribution in [2.75, 3.05) is 52.6 Å². The van der Waals surface area contributed by atoms with E-state index in [1.54, 1.807) is 24.3 Å². The van der Waals surface area contributed by atoms with Crippen LogP contribution in [0.15, 0.2) is 48.3 Å². The number of hydrogen-bond acceptors (Lipinski definition) is 8. The SMILES string of the molecule is CCOc1ccc(C2/C(=C(\O)c3ccncc3)C(=O)C(=O)N2CCN2CCOCC2)cc1OCC. The maximum atomic E-state index is 13.2. The Balaban J connectivity index is 1.77. The zero-order chi connectivity index (χ0) is 24.8. The predicted molar refractivity (Wildman–Crippen MR) is 129 cm³/mol. The molecule has 35 heavy (non-hydrogen) atoms. The van der Waals surface area contributed by atoms with Crippen LogP contribution in [-0.2, 0) is 14.3 Å². The number of amides is 1. The molecule has 2 fully saturated rings. The predicted octanol–water partition coefficient (Wildman–Crippen LogP) is 2.63. The lowest BCUT2D eigenvalue weighted by molar-refractivity contribution is -0.140. The minimum absolute atomic E-state index is 0.0507. The molecule has 0 aliphatic carbocycles. The summed E-state index contributed by atoms with van der Waals surface area (Å²) in [5, 5.41) is 11.2. The standard InChI is InChI=1S/C26H31N3O6/c1-3-34-20-6-5-19(17-21(20)35-4-2)23-22(24(30)18-7-9-27-10-8-18)25(31)26(32)29(23)12-11-28-13-15-33-16-14-28/h5-10,17,23,30H,3-4,11-16H2,1-2H3/b24-22+. The summed E-state index contributed by atoms with van der Waals surface area (Å²) >= 11 is 0. The Morgan fingerprint density at radius 2 is 1.71 bits per heavy atom. The zero-order valence-corrected chi connectivity index (χ0v) is 20.1. The number of aromatic nitrogens is 1. The van der Waals surface area contributed by atoms with E-state index >= 15 is 0 Å². The van der Waals surface area contributed by atoms with Gasteiger partial charge in [0.1, 0.15) is 5.76 Å². The molecule has 1 N–H and O–H groups in total. The molecule has 2 aromatic rings. The number of hydrogen-bond donors (Lipinski definition) is 1. The zero-order valence-electron chi connectivity index (χ0n) is 20.1. The van der Waals surface area contributed by atoms with Crippen molar-refractivity contribution in [1.29, 1.82) is 0 Å². The molecule has 1 amide bonds. The van der Waals surface area contributed by atoms with Crippen LogP contribution in [0.1, 0.15) is 31.0 Å². The van der Waals surface area contributed by atoms with Gasteiger partial charge in [-0.05, 0) is 43.7 Å².